The molecule has 0 saturated carbocycles. The Kier molecular flexibility index (Phi) is 6.69. The topological polar surface area (TPSA) is 37.3 Å². The molecule has 0 radical (unpaired) electrons. The fourth-order valence-electron chi connectivity index (χ4n) is 0.741. The molecule has 0 aliphatic heterocycles. The number of hydrogen-bond donors (Lipinski definition) is 1. The van der Waals surface area contributed by atoms with E-state index in [0.29, 0.717) is 6.42 Å². The zero-order valence-corrected chi connectivity index (χ0v) is 8.28. The van der Waals surface area contributed by atoms with Crippen LogP contribution in [0.5, 0.6) is 0 Å². The quantitative estimate of drug-likeness (QED) is 0.527. The van der Waals surface area contributed by atoms with Gasteiger partial charge in [0.1, 0.15) is 5.25 Å². The van der Waals surface area contributed by atoms with E-state index in [1.165, 1.54) is 11.8 Å². The summed E-state index contributed by atoms with van der Waals surface area (Å²) in [5, 5.41) is 8.41. The molecule has 0 amide bonds. The molecule has 0 aliphatic rings. The van der Waals surface area contributed by atoms with Gasteiger partial charge in [-0.3, -0.25) is 4.79 Å². The van der Waals surface area contributed by atoms with Gasteiger partial charge >= 0.3 is 5.97 Å². The summed E-state index contributed by atoms with van der Waals surface area (Å²) in [4.78, 5) is 10.5. The highest BCUT2D eigenvalue weighted by atomic mass is 32.2. The lowest BCUT2D eigenvalue weighted by Gasteiger charge is -2.06. The fraction of sp³-hybridized carbons (Fsp3) is 0.667. The molecule has 0 fully saturated rings. The second kappa shape index (κ2) is 7.05. The van der Waals surface area contributed by atoms with Crippen LogP contribution in [0.4, 0.5) is 0 Å². The van der Waals surface area contributed by atoms with Crippen LogP contribution in [0.3, 0.4) is 0 Å². The summed E-state index contributed by atoms with van der Waals surface area (Å²) in [6.07, 6.45) is 1.46. The van der Waals surface area contributed by atoms with Crippen molar-refractivity contribution in [3.63, 3.8) is 0 Å². The van der Waals surface area contributed by atoms with Crippen LogP contribution < -0.4 is 0 Å². The van der Waals surface area contributed by atoms with Gasteiger partial charge in [-0.15, -0.1) is 23.6 Å². The maximum atomic E-state index is 10.5. The van der Waals surface area contributed by atoms with Gasteiger partial charge < -0.3 is 5.11 Å². The summed E-state index contributed by atoms with van der Waals surface area (Å²) in [6, 6.07) is 0. The molecule has 0 aliphatic carbocycles. The predicted octanol–water partition coefficient (Wildman–Crippen LogP) is 2.00. The van der Waals surface area contributed by atoms with Gasteiger partial charge in [-0.25, -0.2) is 0 Å². The maximum Gasteiger partial charge on any atom is 0.316 e. The van der Waals surface area contributed by atoms with Crippen LogP contribution in [0.15, 0.2) is 0 Å². The first kappa shape index (κ1) is 11.4. The van der Waals surface area contributed by atoms with Gasteiger partial charge in [0.15, 0.2) is 0 Å². The predicted molar refractivity (Wildman–Crippen MR) is 52.2 cm³/mol. The molecule has 0 aromatic carbocycles. The van der Waals surface area contributed by atoms with Crippen LogP contribution in [-0.2, 0) is 4.79 Å². The first-order chi connectivity index (χ1) is 5.72. The summed E-state index contributed by atoms with van der Waals surface area (Å²) in [6.45, 7) is 3.68. The van der Waals surface area contributed by atoms with Crippen LogP contribution in [0.25, 0.3) is 0 Å². The van der Waals surface area contributed by atoms with Crippen molar-refractivity contribution in [3.05, 3.63) is 0 Å². The lowest BCUT2D eigenvalue weighted by Crippen LogP contribution is -2.15. The molecule has 1 atom stereocenters. The molecule has 2 nitrogen and oxygen atoms in total. The summed E-state index contributed by atoms with van der Waals surface area (Å²) in [5.74, 6) is 5.78. The Bertz CT molecular complexity index is 190. The molecule has 0 rings (SSSR count). The Morgan fingerprint density at radius 2 is 2.33 bits per heavy atom. The highest BCUT2D eigenvalue weighted by molar-refractivity contribution is 8.00. The number of rotatable bonds is 5. The summed E-state index contributed by atoms with van der Waals surface area (Å²) >= 11 is 1.47. The first-order valence-electron chi connectivity index (χ1n) is 3.96. The van der Waals surface area contributed by atoms with Crippen molar-refractivity contribution in [2.75, 3.05) is 5.75 Å². The van der Waals surface area contributed by atoms with Crippen LogP contribution in [-0.4, -0.2) is 22.1 Å². The minimum absolute atomic E-state index is 0.261. The summed E-state index contributed by atoms with van der Waals surface area (Å²) < 4.78 is 0. The average Bonchev–Trinajstić information content (AvgIpc) is 2.04. The standard InChI is InChI=1S/C9H14O2S/c1-3-5-6-7-12-8(4-2)9(10)11/h8H,4,6-7H2,1-2H3,(H,10,11). The van der Waals surface area contributed by atoms with Crippen LogP contribution in [0.2, 0.25) is 0 Å². The Balaban J connectivity index is 3.56. The molecule has 1 N–H and O–H groups in total. The lowest BCUT2D eigenvalue weighted by molar-refractivity contribution is -0.136. The molecule has 3 heteroatoms. The van der Waals surface area contributed by atoms with Crippen molar-refractivity contribution in [2.45, 2.75) is 31.9 Å². The second-order valence-electron chi connectivity index (χ2n) is 2.28. The minimum atomic E-state index is -0.716. The SMILES string of the molecule is CC#CCCSC(CC)C(=O)O. The number of aliphatic carboxylic acids is 1. The lowest BCUT2D eigenvalue weighted by atomic mass is 10.3. The molecule has 0 aromatic heterocycles. The van der Waals surface area contributed by atoms with Gasteiger partial charge in [-0.05, 0) is 13.3 Å². The molecule has 0 bridgehead atoms. The summed E-state index contributed by atoms with van der Waals surface area (Å²) in [5.41, 5.74) is 0. The van der Waals surface area contributed by atoms with E-state index in [0.717, 1.165) is 12.2 Å². The van der Waals surface area contributed by atoms with E-state index in [9.17, 15) is 4.79 Å². The second-order valence-corrected chi connectivity index (χ2v) is 3.59. The monoisotopic (exact) mass is 186 g/mol. The molecule has 0 heterocycles. The Labute approximate surface area is 77.7 Å². The van der Waals surface area contributed by atoms with E-state index in [4.69, 9.17) is 5.11 Å². The maximum absolute atomic E-state index is 10.5. The molecule has 0 aromatic rings. The molecule has 0 saturated heterocycles. The largest absolute Gasteiger partial charge is 0.480 e. The summed E-state index contributed by atoms with van der Waals surface area (Å²) in [7, 11) is 0. The van der Waals surface area contributed by atoms with E-state index >= 15 is 0 Å². The highest BCUT2D eigenvalue weighted by Crippen LogP contribution is 2.15. The van der Waals surface area contributed by atoms with E-state index in [1.54, 1.807) is 6.92 Å². The van der Waals surface area contributed by atoms with Crippen molar-refractivity contribution in [2.24, 2.45) is 0 Å². The van der Waals surface area contributed by atoms with Crippen LogP contribution >= 0.6 is 11.8 Å². The average molecular weight is 186 g/mol. The smallest absolute Gasteiger partial charge is 0.316 e. The third-order valence-corrected chi connectivity index (χ3v) is 2.75. The van der Waals surface area contributed by atoms with Gasteiger partial charge in [0, 0.05) is 12.2 Å². The van der Waals surface area contributed by atoms with Gasteiger partial charge in [0.2, 0.25) is 0 Å². The first-order valence-corrected chi connectivity index (χ1v) is 5.01. The third-order valence-electron chi connectivity index (χ3n) is 1.37. The van der Waals surface area contributed by atoms with Crippen LogP contribution in [0, 0.1) is 11.8 Å². The van der Waals surface area contributed by atoms with E-state index < -0.39 is 5.97 Å². The van der Waals surface area contributed by atoms with E-state index in [2.05, 4.69) is 11.8 Å². The van der Waals surface area contributed by atoms with Gasteiger partial charge in [-0.2, -0.15) is 0 Å². The third kappa shape index (κ3) is 5.09. The number of thioether (sulfide) groups is 1. The molecule has 12 heavy (non-hydrogen) atoms. The number of carboxylic acids is 1. The number of carboxylic acid groups (broad SMARTS) is 1. The highest BCUT2D eigenvalue weighted by Gasteiger charge is 2.13. The Morgan fingerprint density at radius 3 is 2.75 bits per heavy atom. The van der Waals surface area contributed by atoms with Crippen LogP contribution in [0.1, 0.15) is 26.7 Å². The molecular formula is C9H14O2S. The normalized spacial score (nSPS) is 11.5. The van der Waals surface area contributed by atoms with Gasteiger partial charge in [-0.1, -0.05) is 6.92 Å². The van der Waals surface area contributed by atoms with Crippen molar-refractivity contribution < 1.29 is 9.90 Å². The van der Waals surface area contributed by atoms with Crippen molar-refractivity contribution in [3.8, 4) is 11.8 Å². The van der Waals surface area contributed by atoms with Crippen molar-refractivity contribution in [1.82, 2.24) is 0 Å². The number of hydrogen-bond acceptors (Lipinski definition) is 2. The Hall–Kier alpha value is -0.620. The van der Waals surface area contributed by atoms with Crippen molar-refractivity contribution >= 4 is 17.7 Å². The Morgan fingerprint density at radius 1 is 1.67 bits per heavy atom. The minimum Gasteiger partial charge on any atom is -0.480 e. The molecule has 68 valence electrons. The van der Waals surface area contributed by atoms with Crippen molar-refractivity contribution in [1.29, 1.82) is 0 Å². The zero-order chi connectivity index (χ0) is 9.40. The fourth-order valence-corrected chi connectivity index (χ4v) is 1.62. The van der Waals surface area contributed by atoms with Gasteiger partial charge in [0.25, 0.3) is 0 Å². The van der Waals surface area contributed by atoms with Gasteiger partial charge in [0.05, 0.1) is 0 Å². The molecule has 1 unspecified atom stereocenters. The van der Waals surface area contributed by atoms with E-state index in [1.807, 2.05) is 6.92 Å². The number of carbonyl (C=O) groups is 1. The molecular weight excluding hydrogens is 172 g/mol. The van der Waals surface area contributed by atoms with E-state index in [-0.39, 0.29) is 5.25 Å². The zero-order valence-electron chi connectivity index (χ0n) is 7.46. The molecule has 0 spiro atoms.